The van der Waals surface area contributed by atoms with E-state index in [1.165, 1.54) is 5.56 Å². The lowest BCUT2D eigenvalue weighted by molar-refractivity contribution is -0.125. The second-order valence-electron chi connectivity index (χ2n) is 10.5. The zero-order valence-corrected chi connectivity index (χ0v) is 22.7. The third-order valence-corrected chi connectivity index (χ3v) is 8.05. The first-order chi connectivity index (χ1) is 18.5. The Morgan fingerprint density at radius 3 is 2.42 bits per heavy atom. The van der Waals surface area contributed by atoms with Crippen LogP contribution in [0.3, 0.4) is 0 Å². The lowest BCUT2D eigenvalue weighted by Gasteiger charge is -2.35. The second kappa shape index (κ2) is 12.2. The van der Waals surface area contributed by atoms with Crippen LogP contribution in [0.1, 0.15) is 49.8 Å². The zero-order chi connectivity index (χ0) is 27.1. The SMILES string of the molecule is C=C/C=C(C=O)\C(=C/C)C(C(=O)NCC1(c2ccccc2)CCCC1)C(c1c[nH]c2ccccc12)N(C)C. The molecule has 0 aliphatic heterocycles. The quantitative estimate of drug-likeness (QED) is 0.182. The highest BCUT2D eigenvalue weighted by Gasteiger charge is 2.40. The molecule has 3 aromatic rings. The van der Waals surface area contributed by atoms with Crippen LogP contribution < -0.4 is 5.32 Å². The van der Waals surface area contributed by atoms with Crippen molar-refractivity contribution in [3.8, 4) is 0 Å². The number of rotatable bonds is 11. The van der Waals surface area contributed by atoms with Gasteiger partial charge in [0, 0.05) is 34.6 Å². The number of carbonyl (C=O) groups is 2. The maximum Gasteiger partial charge on any atom is 0.229 e. The van der Waals surface area contributed by atoms with Gasteiger partial charge >= 0.3 is 0 Å². The Kier molecular flexibility index (Phi) is 8.80. The molecular formula is C33H39N3O2. The number of nitrogens with one attached hydrogen (secondary N) is 2. The summed E-state index contributed by atoms with van der Waals surface area (Å²) in [5, 5.41) is 4.43. The van der Waals surface area contributed by atoms with Crippen LogP contribution in [-0.4, -0.2) is 42.7 Å². The molecule has 1 aliphatic rings. The van der Waals surface area contributed by atoms with Gasteiger partial charge in [0.25, 0.3) is 0 Å². The first-order valence-electron chi connectivity index (χ1n) is 13.5. The monoisotopic (exact) mass is 509 g/mol. The van der Waals surface area contributed by atoms with E-state index in [2.05, 4.69) is 52.1 Å². The van der Waals surface area contributed by atoms with Crippen LogP contribution in [0.15, 0.2) is 96.7 Å². The molecule has 38 heavy (non-hydrogen) atoms. The highest BCUT2D eigenvalue weighted by atomic mass is 16.2. The summed E-state index contributed by atoms with van der Waals surface area (Å²) in [5.41, 5.74) is 4.40. The summed E-state index contributed by atoms with van der Waals surface area (Å²) in [5.74, 6) is -0.694. The largest absolute Gasteiger partial charge is 0.361 e. The smallest absolute Gasteiger partial charge is 0.229 e. The van der Waals surface area contributed by atoms with Crippen LogP contribution in [-0.2, 0) is 15.0 Å². The molecule has 4 rings (SSSR count). The third-order valence-electron chi connectivity index (χ3n) is 8.05. The molecule has 1 fully saturated rings. The fourth-order valence-corrected chi connectivity index (χ4v) is 6.18. The first kappa shape index (κ1) is 27.3. The molecule has 2 unspecified atom stereocenters. The van der Waals surface area contributed by atoms with Crippen molar-refractivity contribution in [2.24, 2.45) is 5.92 Å². The fourth-order valence-electron chi connectivity index (χ4n) is 6.18. The number of hydrogen-bond donors (Lipinski definition) is 2. The van der Waals surface area contributed by atoms with Crippen molar-refractivity contribution in [3.05, 3.63) is 108 Å². The predicted molar refractivity (Wildman–Crippen MR) is 156 cm³/mol. The van der Waals surface area contributed by atoms with Gasteiger partial charge in [0.05, 0.1) is 12.0 Å². The van der Waals surface area contributed by atoms with Crippen molar-refractivity contribution < 1.29 is 9.59 Å². The Balaban J connectivity index is 1.77. The van der Waals surface area contributed by atoms with Gasteiger partial charge < -0.3 is 15.2 Å². The number of hydrogen-bond acceptors (Lipinski definition) is 3. The molecule has 1 amide bonds. The molecule has 0 radical (unpaired) electrons. The highest BCUT2D eigenvalue weighted by molar-refractivity contribution is 5.91. The van der Waals surface area contributed by atoms with Gasteiger partial charge in [-0.1, -0.05) is 86.2 Å². The van der Waals surface area contributed by atoms with Crippen LogP contribution in [0.4, 0.5) is 0 Å². The zero-order valence-electron chi connectivity index (χ0n) is 22.7. The number of para-hydroxylation sites is 1. The summed E-state index contributed by atoms with van der Waals surface area (Å²) >= 11 is 0. The van der Waals surface area contributed by atoms with E-state index in [1.54, 1.807) is 12.2 Å². The lowest BCUT2D eigenvalue weighted by Crippen LogP contribution is -2.45. The third kappa shape index (κ3) is 5.44. The maximum absolute atomic E-state index is 14.3. The van der Waals surface area contributed by atoms with Crippen LogP contribution in [0.25, 0.3) is 10.9 Å². The molecule has 198 valence electrons. The van der Waals surface area contributed by atoms with Gasteiger partial charge in [0.1, 0.15) is 6.29 Å². The number of H-pyrrole nitrogens is 1. The van der Waals surface area contributed by atoms with E-state index in [9.17, 15) is 9.59 Å². The van der Waals surface area contributed by atoms with Gasteiger partial charge in [0.15, 0.2) is 0 Å². The van der Waals surface area contributed by atoms with Gasteiger partial charge in [-0.25, -0.2) is 0 Å². The lowest BCUT2D eigenvalue weighted by atomic mass is 9.78. The summed E-state index contributed by atoms with van der Waals surface area (Å²) in [6.45, 7) is 6.25. The average Bonchev–Trinajstić information content (AvgIpc) is 3.59. The Morgan fingerprint density at radius 2 is 1.79 bits per heavy atom. The minimum Gasteiger partial charge on any atom is -0.361 e. The number of aromatic amines is 1. The topological polar surface area (TPSA) is 65.2 Å². The van der Waals surface area contributed by atoms with E-state index in [0.29, 0.717) is 17.7 Å². The minimum absolute atomic E-state index is 0.0730. The molecule has 5 nitrogen and oxygen atoms in total. The van der Waals surface area contributed by atoms with Crippen LogP contribution >= 0.6 is 0 Å². The Morgan fingerprint density at radius 1 is 1.11 bits per heavy atom. The van der Waals surface area contributed by atoms with E-state index < -0.39 is 5.92 Å². The Bertz CT molecular complexity index is 1330. The van der Waals surface area contributed by atoms with Crippen LogP contribution in [0, 0.1) is 5.92 Å². The normalized spacial score (nSPS) is 17.4. The van der Waals surface area contributed by atoms with E-state index in [1.807, 2.05) is 57.6 Å². The van der Waals surface area contributed by atoms with Crippen molar-refractivity contribution in [1.82, 2.24) is 15.2 Å². The number of allylic oxidation sites excluding steroid dienone is 4. The minimum atomic E-state index is -0.611. The van der Waals surface area contributed by atoms with Gasteiger partial charge in [-0.05, 0) is 56.6 Å². The van der Waals surface area contributed by atoms with Gasteiger partial charge in [-0.15, -0.1) is 0 Å². The summed E-state index contributed by atoms with van der Waals surface area (Å²) in [7, 11) is 3.97. The molecule has 5 heteroatoms. The summed E-state index contributed by atoms with van der Waals surface area (Å²) < 4.78 is 0. The molecule has 1 heterocycles. The molecule has 2 atom stereocenters. The van der Waals surface area contributed by atoms with Crippen molar-refractivity contribution in [2.75, 3.05) is 20.6 Å². The Labute approximate surface area is 226 Å². The van der Waals surface area contributed by atoms with Crippen LogP contribution in [0.2, 0.25) is 0 Å². The standard InChI is InChI=1S/C33H39N3O2/c1-5-14-24(22-37)26(6-2)30(31(36(3)4)28-21-34-29-18-11-10-17-27(28)29)32(38)35-23-33(19-12-13-20-33)25-15-8-7-9-16-25/h5-11,14-18,21-22,30-31,34H,1,12-13,19-20,23H2,2-4H3,(H,35,38)/b24-14-,26-6+. The average molecular weight is 510 g/mol. The highest BCUT2D eigenvalue weighted by Crippen LogP contribution is 2.42. The van der Waals surface area contributed by atoms with E-state index >= 15 is 0 Å². The molecule has 0 spiro atoms. The number of fused-ring (bicyclic) bond motifs is 1. The van der Waals surface area contributed by atoms with E-state index in [4.69, 9.17) is 0 Å². The summed E-state index contributed by atoms with van der Waals surface area (Å²) in [6.07, 6.45) is 12.4. The number of amides is 1. The van der Waals surface area contributed by atoms with Crippen molar-refractivity contribution in [3.63, 3.8) is 0 Å². The fraction of sp³-hybridized carbons (Fsp3) is 0.333. The second-order valence-corrected chi connectivity index (χ2v) is 10.5. The number of nitrogens with zero attached hydrogens (tertiary/aromatic N) is 1. The first-order valence-corrected chi connectivity index (χ1v) is 13.5. The molecule has 0 bridgehead atoms. The molecule has 2 aromatic carbocycles. The van der Waals surface area contributed by atoms with Crippen LogP contribution in [0.5, 0.6) is 0 Å². The number of benzene rings is 2. The van der Waals surface area contributed by atoms with E-state index in [0.717, 1.165) is 48.4 Å². The molecule has 2 N–H and O–H groups in total. The molecule has 0 saturated heterocycles. The molecule has 1 saturated carbocycles. The number of aromatic nitrogens is 1. The van der Waals surface area contributed by atoms with Gasteiger partial charge in [-0.3, -0.25) is 9.59 Å². The van der Waals surface area contributed by atoms with Gasteiger partial charge in [0.2, 0.25) is 5.91 Å². The summed E-state index contributed by atoms with van der Waals surface area (Å²) in [6, 6.07) is 18.4. The van der Waals surface area contributed by atoms with E-state index in [-0.39, 0.29) is 17.4 Å². The van der Waals surface area contributed by atoms with Crippen molar-refractivity contribution in [1.29, 1.82) is 0 Å². The number of aldehydes is 1. The maximum atomic E-state index is 14.3. The Hall–Kier alpha value is -3.70. The summed E-state index contributed by atoms with van der Waals surface area (Å²) in [4.78, 5) is 32.0. The molecule has 1 aromatic heterocycles. The van der Waals surface area contributed by atoms with Crippen molar-refractivity contribution in [2.45, 2.75) is 44.1 Å². The number of carbonyl (C=O) groups excluding carboxylic acids is 2. The van der Waals surface area contributed by atoms with Crippen molar-refractivity contribution >= 4 is 23.1 Å². The molecular weight excluding hydrogens is 470 g/mol. The molecule has 1 aliphatic carbocycles. The predicted octanol–water partition coefficient (Wildman–Crippen LogP) is 6.27. The van der Waals surface area contributed by atoms with Gasteiger partial charge in [-0.2, -0.15) is 0 Å².